The van der Waals surface area contributed by atoms with Crippen molar-refractivity contribution in [3.8, 4) is 34.1 Å². The number of halogens is 1. The summed E-state index contributed by atoms with van der Waals surface area (Å²) in [5.74, 6) is -0.380. The standard InChI is InChI=1S/C29H28ClN3O4/c1-29(2,27(35)36)20-13-7-17(8-14-20)16-37-28-31-23-15-22(30)25(32-26(23)33-28)19-11-9-18(10-12-19)21-5-3-4-6-24(21)34/h3-6,9-12,15-16,20,34H,7-8,13-14H2,1-2H3,(H,35,36)(H,31,32,33). The Morgan fingerprint density at radius 1 is 1.08 bits per heavy atom. The van der Waals surface area contributed by atoms with Crippen LogP contribution in [0, 0.1) is 11.3 Å². The van der Waals surface area contributed by atoms with Crippen LogP contribution in [-0.2, 0) is 4.79 Å². The molecule has 3 N–H and O–H groups in total. The zero-order valence-electron chi connectivity index (χ0n) is 20.7. The van der Waals surface area contributed by atoms with Crippen molar-refractivity contribution in [2.45, 2.75) is 39.5 Å². The topological polar surface area (TPSA) is 108 Å². The normalized spacial score (nSPS) is 16.1. The maximum Gasteiger partial charge on any atom is 0.309 e. The first-order valence-electron chi connectivity index (χ1n) is 12.3. The van der Waals surface area contributed by atoms with Crippen LogP contribution in [0.25, 0.3) is 33.5 Å². The van der Waals surface area contributed by atoms with Gasteiger partial charge in [-0.05, 0) is 68.7 Å². The van der Waals surface area contributed by atoms with Crippen molar-refractivity contribution in [2.75, 3.05) is 0 Å². The average Bonchev–Trinajstić information content (AvgIpc) is 3.29. The van der Waals surface area contributed by atoms with E-state index >= 15 is 0 Å². The largest absolute Gasteiger partial charge is 0.507 e. The summed E-state index contributed by atoms with van der Waals surface area (Å²) in [6.07, 6.45) is 4.94. The van der Waals surface area contributed by atoms with Crippen molar-refractivity contribution in [2.24, 2.45) is 11.3 Å². The predicted octanol–water partition coefficient (Wildman–Crippen LogP) is 7.21. The van der Waals surface area contributed by atoms with E-state index in [4.69, 9.17) is 16.3 Å². The van der Waals surface area contributed by atoms with E-state index in [0.29, 0.717) is 27.9 Å². The third-order valence-electron chi connectivity index (χ3n) is 7.32. The molecule has 0 saturated heterocycles. The fourth-order valence-corrected chi connectivity index (χ4v) is 5.08. The molecule has 0 amide bonds. The maximum absolute atomic E-state index is 11.5. The second-order valence-electron chi connectivity index (χ2n) is 10.0. The zero-order chi connectivity index (χ0) is 26.2. The van der Waals surface area contributed by atoms with Crippen LogP contribution in [-0.4, -0.2) is 31.1 Å². The molecule has 0 aliphatic heterocycles. The van der Waals surface area contributed by atoms with Crippen LogP contribution < -0.4 is 4.74 Å². The minimum absolute atomic E-state index is 0.144. The number of aromatic nitrogens is 3. The average molecular weight is 518 g/mol. The van der Waals surface area contributed by atoms with Crippen molar-refractivity contribution >= 4 is 28.7 Å². The highest BCUT2D eigenvalue weighted by atomic mass is 35.5. The van der Waals surface area contributed by atoms with E-state index in [1.54, 1.807) is 38.3 Å². The van der Waals surface area contributed by atoms with E-state index < -0.39 is 11.4 Å². The lowest BCUT2D eigenvalue weighted by atomic mass is 9.70. The number of carboxylic acids is 1. The molecule has 0 atom stereocenters. The highest BCUT2D eigenvalue weighted by molar-refractivity contribution is 6.33. The van der Waals surface area contributed by atoms with E-state index in [-0.39, 0.29) is 11.7 Å². The van der Waals surface area contributed by atoms with Crippen LogP contribution in [0.3, 0.4) is 0 Å². The molecule has 1 aliphatic rings. The Bertz CT molecular complexity index is 1480. The van der Waals surface area contributed by atoms with Crippen molar-refractivity contribution < 1.29 is 19.7 Å². The number of carbonyl (C=O) groups is 1. The third kappa shape index (κ3) is 5.04. The third-order valence-corrected chi connectivity index (χ3v) is 7.60. The number of rotatable bonds is 6. The zero-order valence-corrected chi connectivity index (χ0v) is 21.4. The number of hydrogen-bond donors (Lipinski definition) is 3. The van der Waals surface area contributed by atoms with Gasteiger partial charge in [0.1, 0.15) is 5.75 Å². The first-order valence-corrected chi connectivity index (χ1v) is 12.6. The van der Waals surface area contributed by atoms with Gasteiger partial charge in [-0.1, -0.05) is 54.1 Å². The number of nitrogens with zero attached hydrogens (tertiary/aromatic N) is 2. The summed E-state index contributed by atoms with van der Waals surface area (Å²) in [5.41, 5.74) is 4.65. The molecule has 8 heteroatoms. The number of carboxylic acid groups (broad SMARTS) is 1. The second-order valence-corrected chi connectivity index (χ2v) is 10.4. The van der Waals surface area contributed by atoms with Crippen LogP contribution >= 0.6 is 11.6 Å². The molecule has 0 unspecified atom stereocenters. The monoisotopic (exact) mass is 517 g/mol. The maximum atomic E-state index is 11.5. The summed E-state index contributed by atoms with van der Waals surface area (Å²) >= 11 is 6.56. The van der Waals surface area contributed by atoms with Crippen molar-refractivity contribution in [3.05, 3.63) is 71.5 Å². The lowest BCUT2D eigenvalue weighted by molar-refractivity contribution is -0.150. The van der Waals surface area contributed by atoms with Crippen LogP contribution in [0.15, 0.2) is 66.4 Å². The molecule has 0 radical (unpaired) electrons. The molecule has 2 aromatic heterocycles. The van der Waals surface area contributed by atoms with E-state index in [2.05, 4.69) is 15.0 Å². The van der Waals surface area contributed by atoms with E-state index in [0.717, 1.165) is 47.9 Å². The number of imidazole rings is 1. The Morgan fingerprint density at radius 3 is 2.43 bits per heavy atom. The number of pyridine rings is 1. The van der Waals surface area contributed by atoms with Crippen LogP contribution in [0.5, 0.6) is 11.8 Å². The SMILES string of the molecule is CC(C)(C(=O)O)C1CCC(=COc2nc3nc(-c4ccc(-c5ccccc5O)cc4)c(Cl)cc3[nH]2)CC1. The molecule has 2 heterocycles. The number of aliphatic carboxylic acids is 1. The van der Waals surface area contributed by atoms with Crippen LogP contribution in [0.4, 0.5) is 0 Å². The van der Waals surface area contributed by atoms with Crippen molar-refractivity contribution in [3.63, 3.8) is 0 Å². The first-order chi connectivity index (χ1) is 17.7. The first kappa shape index (κ1) is 24.8. The molecular formula is C29H28ClN3O4. The van der Waals surface area contributed by atoms with Gasteiger partial charge < -0.3 is 19.9 Å². The molecule has 1 fully saturated rings. The predicted molar refractivity (Wildman–Crippen MR) is 144 cm³/mol. The molecule has 2 aromatic carbocycles. The lowest BCUT2D eigenvalue weighted by Crippen LogP contribution is -2.34. The van der Waals surface area contributed by atoms with Crippen LogP contribution in [0.2, 0.25) is 5.02 Å². The number of phenolic OH excluding ortho intramolecular Hbond substituents is 1. The van der Waals surface area contributed by atoms with Gasteiger partial charge in [-0.25, -0.2) is 4.98 Å². The number of H-pyrrole nitrogens is 1. The number of aromatic amines is 1. The fourth-order valence-electron chi connectivity index (χ4n) is 4.82. The summed E-state index contributed by atoms with van der Waals surface area (Å²) in [6, 6.07) is 17.0. The number of hydrogen-bond acceptors (Lipinski definition) is 5. The highest BCUT2D eigenvalue weighted by Gasteiger charge is 2.37. The summed E-state index contributed by atoms with van der Waals surface area (Å²) in [5, 5.41) is 20.1. The van der Waals surface area contributed by atoms with Crippen molar-refractivity contribution in [1.82, 2.24) is 15.0 Å². The minimum Gasteiger partial charge on any atom is -0.507 e. The molecular weight excluding hydrogens is 490 g/mol. The number of ether oxygens (including phenoxy) is 1. The molecule has 5 rings (SSSR count). The number of phenols is 1. The summed E-state index contributed by atoms with van der Waals surface area (Å²) in [7, 11) is 0. The van der Waals surface area contributed by atoms with Gasteiger partial charge in [0.05, 0.1) is 27.9 Å². The smallest absolute Gasteiger partial charge is 0.309 e. The van der Waals surface area contributed by atoms with Gasteiger partial charge in [-0.2, -0.15) is 4.98 Å². The van der Waals surface area contributed by atoms with Gasteiger partial charge in [-0.15, -0.1) is 0 Å². The lowest BCUT2D eigenvalue weighted by Gasteiger charge is -2.34. The summed E-state index contributed by atoms with van der Waals surface area (Å²) in [4.78, 5) is 23.8. The summed E-state index contributed by atoms with van der Waals surface area (Å²) in [6.45, 7) is 3.60. The van der Waals surface area contributed by atoms with Gasteiger partial charge in [0, 0.05) is 11.1 Å². The molecule has 190 valence electrons. The highest BCUT2D eigenvalue weighted by Crippen LogP contribution is 2.40. The second kappa shape index (κ2) is 9.90. The number of fused-ring (bicyclic) bond motifs is 1. The van der Waals surface area contributed by atoms with Gasteiger partial charge >= 0.3 is 12.0 Å². The molecule has 0 bridgehead atoms. The van der Waals surface area contributed by atoms with Crippen molar-refractivity contribution in [1.29, 1.82) is 0 Å². The van der Waals surface area contributed by atoms with Gasteiger partial charge in [0.2, 0.25) is 0 Å². The number of nitrogens with one attached hydrogen (secondary N) is 1. The molecule has 0 spiro atoms. The number of para-hydroxylation sites is 1. The molecule has 37 heavy (non-hydrogen) atoms. The quantitative estimate of drug-likeness (QED) is 0.233. The molecule has 1 aliphatic carbocycles. The summed E-state index contributed by atoms with van der Waals surface area (Å²) < 4.78 is 5.81. The van der Waals surface area contributed by atoms with Gasteiger partial charge in [0.15, 0.2) is 5.65 Å². The Morgan fingerprint density at radius 2 is 1.76 bits per heavy atom. The number of allylic oxidation sites excluding steroid dienone is 1. The Kier molecular flexibility index (Phi) is 6.65. The van der Waals surface area contributed by atoms with Gasteiger partial charge in [-0.3, -0.25) is 4.79 Å². The van der Waals surface area contributed by atoms with E-state index in [1.165, 1.54) is 0 Å². The van der Waals surface area contributed by atoms with E-state index in [1.807, 2.05) is 36.4 Å². The van der Waals surface area contributed by atoms with E-state index in [9.17, 15) is 15.0 Å². The number of benzene rings is 2. The Labute approximate surface area is 219 Å². The molecule has 1 saturated carbocycles. The molecule has 4 aromatic rings. The minimum atomic E-state index is -0.750. The molecule has 7 nitrogen and oxygen atoms in total. The Hall–Kier alpha value is -3.84. The fraction of sp³-hybridized carbons (Fsp3) is 0.276. The van der Waals surface area contributed by atoms with Crippen LogP contribution in [0.1, 0.15) is 39.5 Å². The van der Waals surface area contributed by atoms with Gasteiger partial charge in [0.25, 0.3) is 0 Å². The Balaban J connectivity index is 1.31. The number of aromatic hydroxyl groups is 1.